The Balaban J connectivity index is 1.38. The number of anilines is 2. The third-order valence-corrected chi connectivity index (χ3v) is 7.08. The van der Waals surface area contributed by atoms with Crippen molar-refractivity contribution in [2.24, 2.45) is 0 Å². The Bertz CT molecular complexity index is 1310. The van der Waals surface area contributed by atoms with E-state index in [9.17, 15) is 14.9 Å². The molecule has 3 aromatic carbocycles. The van der Waals surface area contributed by atoms with E-state index in [1.807, 2.05) is 42.5 Å². The predicted molar refractivity (Wildman–Crippen MR) is 145 cm³/mol. The summed E-state index contributed by atoms with van der Waals surface area (Å²) in [7, 11) is 1.79. The average Bonchev–Trinajstić information content (AvgIpc) is 3.26. The number of piperidine rings is 1. The molecule has 2 heterocycles. The molecule has 37 heavy (non-hydrogen) atoms. The van der Waals surface area contributed by atoms with Crippen molar-refractivity contribution in [2.45, 2.75) is 25.4 Å². The van der Waals surface area contributed by atoms with E-state index in [0.717, 1.165) is 50.1 Å². The van der Waals surface area contributed by atoms with E-state index in [4.69, 9.17) is 4.74 Å². The predicted octanol–water partition coefficient (Wildman–Crippen LogP) is 5.18. The number of likely N-dealkylation sites (tertiary alicyclic amines) is 1. The molecule has 190 valence electrons. The summed E-state index contributed by atoms with van der Waals surface area (Å²) in [5.41, 5.74) is 4.90. The Morgan fingerprint density at radius 2 is 1.81 bits per heavy atom. The number of benzene rings is 3. The Kier molecular flexibility index (Phi) is 7.30. The minimum atomic E-state index is -0.450. The second kappa shape index (κ2) is 10.9. The van der Waals surface area contributed by atoms with Crippen LogP contribution >= 0.6 is 0 Å². The van der Waals surface area contributed by atoms with Crippen molar-refractivity contribution in [3.05, 3.63) is 99.6 Å². The third-order valence-electron chi connectivity index (χ3n) is 7.08. The number of carbonyl (C=O) groups is 1. The molecule has 1 fully saturated rings. The van der Waals surface area contributed by atoms with Crippen LogP contribution in [0, 0.1) is 10.1 Å². The second-order valence-electron chi connectivity index (χ2n) is 9.41. The van der Waals surface area contributed by atoms with Gasteiger partial charge in [0.25, 0.3) is 11.6 Å². The number of nitrogens with zero attached hydrogens (tertiary/aromatic N) is 2. The summed E-state index contributed by atoms with van der Waals surface area (Å²) >= 11 is 0. The summed E-state index contributed by atoms with van der Waals surface area (Å²) < 4.78 is 5.47. The van der Waals surface area contributed by atoms with Crippen LogP contribution in [0.4, 0.5) is 17.1 Å². The number of nitro benzene ring substituents is 1. The number of fused-ring (bicyclic) bond motifs is 1. The fourth-order valence-electron chi connectivity index (χ4n) is 4.96. The van der Waals surface area contributed by atoms with Gasteiger partial charge in [-0.2, -0.15) is 0 Å². The average molecular weight is 499 g/mol. The number of hydrogen-bond donors (Lipinski definition) is 2. The van der Waals surface area contributed by atoms with Crippen LogP contribution in [0.25, 0.3) is 11.3 Å². The van der Waals surface area contributed by atoms with Gasteiger partial charge in [-0.3, -0.25) is 14.9 Å². The largest absolute Gasteiger partial charge is 0.381 e. The number of methoxy groups -OCH3 is 1. The molecule has 2 aliphatic rings. The van der Waals surface area contributed by atoms with E-state index in [1.54, 1.807) is 13.2 Å². The third kappa shape index (κ3) is 5.55. The maximum Gasteiger partial charge on any atom is 0.270 e. The van der Waals surface area contributed by atoms with Gasteiger partial charge < -0.3 is 20.3 Å². The van der Waals surface area contributed by atoms with Crippen LogP contribution in [0.2, 0.25) is 0 Å². The number of carbonyl (C=O) groups excluding carboxylic acids is 1. The lowest BCUT2D eigenvalue weighted by atomic mass is 9.99. The van der Waals surface area contributed by atoms with Gasteiger partial charge in [0.15, 0.2) is 0 Å². The van der Waals surface area contributed by atoms with Crippen LogP contribution in [0.15, 0.2) is 72.8 Å². The monoisotopic (exact) mass is 498 g/mol. The van der Waals surface area contributed by atoms with Crippen LogP contribution in [-0.2, 0) is 16.0 Å². The highest BCUT2D eigenvalue weighted by Crippen LogP contribution is 2.39. The number of nitro groups is 1. The minimum absolute atomic E-state index is 0.0593. The van der Waals surface area contributed by atoms with E-state index in [0.29, 0.717) is 28.6 Å². The molecule has 2 aliphatic heterocycles. The van der Waals surface area contributed by atoms with E-state index in [2.05, 4.69) is 27.7 Å². The standard InChI is InChI=1S/C29H30N4O4/c1-37-24-14-17-32(18-15-24)16-13-20-7-9-22(10-8-20)30-28(21-5-3-2-4-6-21)27-25-19-23(33(35)36)11-12-26(25)31-29(27)34/h2-12,19,24,30H,13-18H2,1H3,(H,31,34). The Labute approximate surface area is 216 Å². The topological polar surface area (TPSA) is 96.7 Å². The minimum Gasteiger partial charge on any atom is -0.381 e. The molecular formula is C29H30N4O4. The number of ether oxygens (including phenoxy) is 1. The first-order valence-corrected chi connectivity index (χ1v) is 12.5. The zero-order valence-electron chi connectivity index (χ0n) is 20.8. The molecule has 0 spiro atoms. The van der Waals surface area contributed by atoms with E-state index < -0.39 is 4.92 Å². The molecule has 0 bridgehead atoms. The molecule has 2 N–H and O–H groups in total. The zero-order valence-corrected chi connectivity index (χ0v) is 20.8. The summed E-state index contributed by atoms with van der Waals surface area (Å²) in [6, 6.07) is 22.2. The van der Waals surface area contributed by atoms with Crippen LogP contribution < -0.4 is 10.6 Å². The van der Waals surface area contributed by atoms with Crippen molar-refractivity contribution in [1.82, 2.24) is 4.90 Å². The molecule has 0 aromatic heterocycles. The van der Waals surface area contributed by atoms with Crippen LogP contribution in [-0.4, -0.2) is 48.6 Å². The highest BCUT2D eigenvalue weighted by Gasteiger charge is 2.30. The maximum absolute atomic E-state index is 13.1. The number of amides is 1. The Morgan fingerprint density at radius 1 is 1.08 bits per heavy atom. The second-order valence-corrected chi connectivity index (χ2v) is 9.41. The van der Waals surface area contributed by atoms with Crippen molar-refractivity contribution in [2.75, 3.05) is 37.4 Å². The fraction of sp³-hybridized carbons (Fsp3) is 0.276. The van der Waals surface area contributed by atoms with E-state index >= 15 is 0 Å². The molecule has 8 heteroatoms. The highest BCUT2D eigenvalue weighted by molar-refractivity contribution is 6.37. The molecule has 5 rings (SSSR count). The summed E-state index contributed by atoms with van der Waals surface area (Å²) in [6.45, 7) is 3.14. The van der Waals surface area contributed by atoms with Gasteiger partial charge in [-0.05, 0) is 48.6 Å². The van der Waals surface area contributed by atoms with Crippen LogP contribution in [0.3, 0.4) is 0 Å². The van der Waals surface area contributed by atoms with Gasteiger partial charge >= 0.3 is 0 Å². The molecular weight excluding hydrogens is 468 g/mol. The number of nitrogens with one attached hydrogen (secondary N) is 2. The van der Waals surface area contributed by atoms with Gasteiger partial charge in [0.05, 0.1) is 22.3 Å². The number of hydrogen-bond acceptors (Lipinski definition) is 6. The summed E-state index contributed by atoms with van der Waals surface area (Å²) in [5, 5.41) is 17.7. The summed E-state index contributed by atoms with van der Waals surface area (Å²) in [5.74, 6) is -0.296. The molecule has 0 aliphatic carbocycles. The molecule has 1 saturated heterocycles. The Morgan fingerprint density at radius 3 is 2.49 bits per heavy atom. The van der Waals surface area contributed by atoms with Gasteiger partial charge in [-0.1, -0.05) is 42.5 Å². The van der Waals surface area contributed by atoms with Crippen molar-refractivity contribution >= 4 is 34.2 Å². The molecule has 0 atom stereocenters. The van der Waals surface area contributed by atoms with Crippen molar-refractivity contribution in [3.63, 3.8) is 0 Å². The molecule has 3 aromatic rings. The molecule has 8 nitrogen and oxygen atoms in total. The zero-order chi connectivity index (χ0) is 25.8. The van der Waals surface area contributed by atoms with Crippen LogP contribution in [0.5, 0.6) is 0 Å². The molecule has 0 radical (unpaired) electrons. The lowest BCUT2D eigenvalue weighted by Gasteiger charge is -2.31. The van der Waals surface area contributed by atoms with E-state index in [1.165, 1.54) is 17.7 Å². The number of rotatable bonds is 8. The van der Waals surface area contributed by atoms with E-state index in [-0.39, 0.29) is 11.6 Å². The highest BCUT2D eigenvalue weighted by atomic mass is 16.6. The summed E-state index contributed by atoms with van der Waals surface area (Å²) in [4.78, 5) is 26.5. The van der Waals surface area contributed by atoms with Gasteiger partial charge in [0.2, 0.25) is 0 Å². The van der Waals surface area contributed by atoms with Crippen LogP contribution in [0.1, 0.15) is 29.5 Å². The Hall–Kier alpha value is -4.01. The van der Waals surface area contributed by atoms with Crippen molar-refractivity contribution < 1.29 is 14.5 Å². The smallest absolute Gasteiger partial charge is 0.270 e. The number of non-ortho nitro benzene ring substituents is 1. The SMILES string of the molecule is COC1CCN(CCc2ccc(NC(=C3C(=O)Nc4ccc([N+](=O)[O-])cc43)c3ccccc3)cc2)CC1. The first kappa shape index (κ1) is 24.7. The molecule has 1 amide bonds. The van der Waals surface area contributed by atoms with Crippen molar-refractivity contribution in [1.29, 1.82) is 0 Å². The normalized spacial score (nSPS) is 17.3. The van der Waals surface area contributed by atoms with Crippen molar-refractivity contribution in [3.8, 4) is 0 Å². The lowest BCUT2D eigenvalue weighted by Crippen LogP contribution is -2.37. The first-order chi connectivity index (χ1) is 18.0. The van der Waals surface area contributed by atoms with Gasteiger partial charge in [-0.25, -0.2) is 0 Å². The van der Waals surface area contributed by atoms with Gasteiger partial charge in [-0.15, -0.1) is 0 Å². The van der Waals surface area contributed by atoms with Gasteiger partial charge in [0, 0.05) is 55.8 Å². The fourth-order valence-corrected chi connectivity index (χ4v) is 4.96. The van der Waals surface area contributed by atoms with Gasteiger partial charge in [0.1, 0.15) is 0 Å². The quantitative estimate of drug-likeness (QED) is 0.252. The maximum atomic E-state index is 13.1. The molecule has 0 saturated carbocycles. The molecule has 0 unspecified atom stereocenters. The first-order valence-electron chi connectivity index (χ1n) is 12.5. The lowest BCUT2D eigenvalue weighted by molar-refractivity contribution is -0.384. The summed E-state index contributed by atoms with van der Waals surface area (Å²) in [6.07, 6.45) is 3.51.